The molecule has 0 aliphatic carbocycles. The van der Waals surface area contributed by atoms with Crippen molar-refractivity contribution in [1.82, 2.24) is 4.57 Å². The highest BCUT2D eigenvalue weighted by atomic mass is 32.2. The van der Waals surface area contributed by atoms with Gasteiger partial charge in [-0.15, -0.1) is 11.3 Å². The normalized spacial score (nSPS) is 13.8. The third kappa shape index (κ3) is 5.81. The van der Waals surface area contributed by atoms with Gasteiger partial charge in [-0.1, -0.05) is 169 Å². The summed E-state index contributed by atoms with van der Waals surface area (Å²) in [5.41, 5.74) is 13.5. The predicted molar refractivity (Wildman–Crippen MR) is 281 cm³/mol. The maximum absolute atomic E-state index is 3.92. The van der Waals surface area contributed by atoms with E-state index in [-0.39, 0.29) is 5.37 Å². The number of anilines is 1. The number of aromatic nitrogens is 1. The largest absolute Gasteiger partial charge is 0.368 e. The van der Waals surface area contributed by atoms with Crippen molar-refractivity contribution in [3.05, 3.63) is 224 Å². The van der Waals surface area contributed by atoms with Crippen LogP contribution in [0.3, 0.4) is 0 Å². The molecule has 2 nitrogen and oxygen atoms in total. The summed E-state index contributed by atoms with van der Waals surface area (Å²) >= 11 is 3.84. The molecular weight excluding hydrogens is 825 g/mol. The number of rotatable bonds is 5. The second kappa shape index (κ2) is 14.4. The molecule has 13 aromatic rings. The van der Waals surface area contributed by atoms with Crippen LogP contribution < -0.4 is 5.32 Å². The average molecular weight is 863 g/mol. The molecule has 11 aromatic carbocycles. The molecule has 0 spiro atoms. The van der Waals surface area contributed by atoms with E-state index in [0.717, 1.165) is 5.69 Å². The zero-order valence-corrected chi connectivity index (χ0v) is 36.8. The van der Waals surface area contributed by atoms with Gasteiger partial charge in [0.25, 0.3) is 0 Å². The SMILES string of the molecule is c1ccc(-c2ccc(-n3c4cc5ccccc5cc4c4c(-c5ccc(C6Nc7ccc8sc9ccc(-c%10cc%11ccccc%11c%11ccccc%10%11)cc9c8c7S6)cc5)cccc43)cc2)cc1. The first-order valence-electron chi connectivity index (χ1n) is 22.3. The molecule has 65 heavy (non-hydrogen) atoms. The van der Waals surface area contributed by atoms with Gasteiger partial charge in [0.1, 0.15) is 5.37 Å². The zero-order chi connectivity index (χ0) is 42.6. The smallest absolute Gasteiger partial charge is 0.103 e. The van der Waals surface area contributed by atoms with Gasteiger partial charge >= 0.3 is 0 Å². The van der Waals surface area contributed by atoms with Crippen LogP contribution in [0.15, 0.2) is 223 Å². The lowest BCUT2D eigenvalue weighted by Gasteiger charge is -2.13. The van der Waals surface area contributed by atoms with Gasteiger partial charge in [-0.2, -0.15) is 0 Å². The van der Waals surface area contributed by atoms with Gasteiger partial charge in [0, 0.05) is 47.2 Å². The van der Waals surface area contributed by atoms with E-state index in [1.807, 2.05) is 23.1 Å². The van der Waals surface area contributed by atoms with Crippen molar-refractivity contribution in [3.8, 4) is 39.1 Å². The van der Waals surface area contributed by atoms with E-state index in [2.05, 4.69) is 228 Å². The molecular formula is C61H38N2S2. The lowest BCUT2D eigenvalue weighted by molar-refractivity contribution is 1.14. The number of thiophene rings is 1. The van der Waals surface area contributed by atoms with Crippen molar-refractivity contribution < 1.29 is 0 Å². The van der Waals surface area contributed by atoms with Crippen molar-refractivity contribution in [1.29, 1.82) is 0 Å². The molecule has 1 aliphatic heterocycles. The van der Waals surface area contributed by atoms with Gasteiger partial charge in [0.15, 0.2) is 0 Å². The number of hydrogen-bond donors (Lipinski definition) is 1. The zero-order valence-electron chi connectivity index (χ0n) is 35.1. The number of nitrogens with one attached hydrogen (secondary N) is 1. The van der Waals surface area contributed by atoms with Crippen LogP contribution in [0.25, 0.3) is 113 Å². The molecule has 4 heteroatoms. The van der Waals surface area contributed by atoms with E-state index >= 15 is 0 Å². The van der Waals surface area contributed by atoms with E-state index in [0.29, 0.717) is 0 Å². The van der Waals surface area contributed by atoms with Gasteiger partial charge in [-0.3, -0.25) is 0 Å². The summed E-state index contributed by atoms with van der Waals surface area (Å²) < 4.78 is 5.10. The summed E-state index contributed by atoms with van der Waals surface area (Å²) in [5.74, 6) is 0. The fourth-order valence-electron chi connectivity index (χ4n) is 10.5. The molecule has 0 amide bonds. The quantitative estimate of drug-likeness (QED) is 0.174. The Kier molecular flexibility index (Phi) is 8.18. The Morgan fingerprint density at radius 3 is 1.89 bits per heavy atom. The van der Waals surface area contributed by atoms with Gasteiger partial charge in [-0.05, 0) is 132 Å². The highest BCUT2D eigenvalue weighted by molar-refractivity contribution is 8.00. The van der Waals surface area contributed by atoms with Crippen molar-refractivity contribution in [2.45, 2.75) is 10.3 Å². The molecule has 3 heterocycles. The maximum atomic E-state index is 3.92. The number of nitrogens with zero attached hydrogens (tertiary/aromatic N) is 1. The van der Waals surface area contributed by atoms with E-state index in [1.165, 1.54) is 124 Å². The lowest BCUT2D eigenvalue weighted by atomic mass is 9.93. The van der Waals surface area contributed by atoms with Crippen LogP contribution in [-0.2, 0) is 0 Å². The Morgan fingerprint density at radius 1 is 0.385 bits per heavy atom. The number of hydrogen-bond acceptors (Lipinski definition) is 3. The molecule has 1 aliphatic rings. The summed E-state index contributed by atoms with van der Waals surface area (Å²) in [6.45, 7) is 0. The second-order valence-electron chi connectivity index (χ2n) is 17.2. The van der Waals surface area contributed by atoms with Gasteiger partial charge < -0.3 is 9.88 Å². The Balaban J connectivity index is 0.839. The Labute approximate surface area is 384 Å². The van der Waals surface area contributed by atoms with Crippen molar-refractivity contribution in [3.63, 3.8) is 0 Å². The monoisotopic (exact) mass is 862 g/mol. The maximum Gasteiger partial charge on any atom is 0.103 e. The van der Waals surface area contributed by atoms with Crippen LogP contribution in [0.1, 0.15) is 10.9 Å². The van der Waals surface area contributed by atoms with Crippen LogP contribution in [0.2, 0.25) is 0 Å². The van der Waals surface area contributed by atoms with Gasteiger partial charge in [0.05, 0.1) is 11.0 Å². The van der Waals surface area contributed by atoms with Gasteiger partial charge in [0.2, 0.25) is 0 Å². The first-order chi connectivity index (χ1) is 32.2. The fourth-order valence-corrected chi connectivity index (χ4v) is 13.0. The molecule has 0 saturated heterocycles. The van der Waals surface area contributed by atoms with Crippen LogP contribution in [0, 0.1) is 0 Å². The minimum absolute atomic E-state index is 0.107. The molecule has 1 atom stereocenters. The molecule has 1 N–H and O–H groups in total. The Bertz CT molecular complexity index is 4050. The van der Waals surface area contributed by atoms with Crippen LogP contribution in [0.5, 0.6) is 0 Å². The second-order valence-corrected chi connectivity index (χ2v) is 19.4. The van der Waals surface area contributed by atoms with E-state index in [1.54, 1.807) is 0 Å². The third-order valence-electron chi connectivity index (χ3n) is 13.6. The Hall–Kier alpha value is -7.63. The molecule has 1 unspecified atom stereocenters. The third-order valence-corrected chi connectivity index (χ3v) is 16.0. The first-order valence-corrected chi connectivity index (χ1v) is 24.0. The fraction of sp³-hybridized carbons (Fsp3) is 0.0164. The lowest BCUT2D eigenvalue weighted by Crippen LogP contribution is -2.00. The summed E-state index contributed by atoms with van der Waals surface area (Å²) in [7, 11) is 0. The summed E-state index contributed by atoms with van der Waals surface area (Å²) in [6.07, 6.45) is 0. The molecule has 0 radical (unpaired) electrons. The van der Waals surface area contributed by atoms with Crippen molar-refractivity contribution in [2.24, 2.45) is 0 Å². The van der Waals surface area contributed by atoms with E-state index in [4.69, 9.17) is 0 Å². The molecule has 304 valence electrons. The molecule has 0 fully saturated rings. The van der Waals surface area contributed by atoms with Crippen LogP contribution in [-0.4, -0.2) is 4.57 Å². The number of fused-ring (bicyclic) bond motifs is 12. The Morgan fingerprint density at radius 2 is 1.06 bits per heavy atom. The first kappa shape index (κ1) is 36.8. The van der Waals surface area contributed by atoms with E-state index in [9.17, 15) is 0 Å². The summed E-state index contributed by atoms with van der Waals surface area (Å²) in [4.78, 5) is 1.34. The van der Waals surface area contributed by atoms with Gasteiger partial charge in [-0.25, -0.2) is 0 Å². The molecule has 2 aromatic heterocycles. The standard InChI is InChI=1S/C61H38N2S2/c1-2-11-37(12-3-1)38-25-28-45(29-26-38)63-54-20-10-19-47(58(54)51-33-41-13-4-5-14-42(41)36-55(51)63)39-21-23-40(24-22-39)61-62-53-30-32-57-59(60(53)65-61)52-35-44(27-31-56(52)64-57)50-34-43-15-6-7-16-46(43)48-17-8-9-18-49(48)50/h1-36,61-62H. The minimum atomic E-state index is 0.107. The van der Waals surface area contributed by atoms with Crippen LogP contribution >= 0.6 is 23.1 Å². The number of thioether (sulfide) groups is 1. The highest BCUT2D eigenvalue weighted by Crippen LogP contribution is 2.53. The topological polar surface area (TPSA) is 17.0 Å². The number of benzene rings is 11. The summed E-state index contributed by atoms with van der Waals surface area (Å²) in [5, 5.41) is 16.9. The van der Waals surface area contributed by atoms with E-state index < -0.39 is 0 Å². The van der Waals surface area contributed by atoms with Crippen molar-refractivity contribution in [2.75, 3.05) is 5.32 Å². The van der Waals surface area contributed by atoms with Crippen LogP contribution in [0.4, 0.5) is 5.69 Å². The molecule has 0 saturated carbocycles. The minimum Gasteiger partial charge on any atom is -0.368 e. The summed E-state index contributed by atoms with van der Waals surface area (Å²) in [6, 6.07) is 80.8. The van der Waals surface area contributed by atoms with Crippen molar-refractivity contribution >= 4 is 103 Å². The predicted octanol–water partition coefficient (Wildman–Crippen LogP) is 17.8. The highest BCUT2D eigenvalue weighted by Gasteiger charge is 2.27. The average Bonchev–Trinajstić information content (AvgIpc) is 4.07. The molecule has 0 bridgehead atoms. The molecule has 14 rings (SSSR count).